The Kier molecular flexibility index (Phi) is 6.17. The minimum Gasteiger partial charge on any atom is -0.494 e. The molecule has 3 aromatic rings. The molecule has 3 aromatic carbocycles. The molecule has 1 saturated carbocycles. The summed E-state index contributed by atoms with van der Waals surface area (Å²) in [5, 5.41) is 0.946. The van der Waals surface area contributed by atoms with E-state index in [4.69, 9.17) is 4.74 Å². The number of fused-ring (bicyclic) bond motifs is 1. The van der Waals surface area contributed by atoms with Crippen molar-refractivity contribution in [2.24, 2.45) is 5.92 Å². The molecule has 0 atom stereocenters. The molecule has 3 heteroatoms. The summed E-state index contributed by atoms with van der Waals surface area (Å²) in [7, 11) is 1.34. The van der Waals surface area contributed by atoms with E-state index < -0.39 is 11.6 Å². The zero-order chi connectivity index (χ0) is 21.1. The number of benzene rings is 3. The molecule has 0 N–H and O–H groups in total. The summed E-state index contributed by atoms with van der Waals surface area (Å²) in [5.74, 6) is -0.500. The van der Waals surface area contributed by atoms with E-state index in [1.54, 1.807) is 12.1 Å². The highest BCUT2D eigenvalue weighted by molar-refractivity contribution is 5.85. The highest BCUT2D eigenvalue weighted by Gasteiger charge is 2.20. The van der Waals surface area contributed by atoms with Gasteiger partial charge < -0.3 is 4.74 Å². The fourth-order valence-corrected chi connectivity index (χ4v) is 4.59. The summed E-state index contributed by atoms with van der Waals surface area (Å²) in [6, 6.07) is 16.0. The van der Waals surface area contributed by atoms with Crippen LogP contribution in [0.15, 0.2) is 61.2 Å². The molecule has 0 unspecified atom stereocenters. The van der Waals surface area contributed by atoms with Crippen LogP contribution in [0.2, 0.25) is 0 Å². The molecule has 0 radical (unpaired) electrons. The lowest BCUT2D eigenvalue weighted by Crippen LogP contribution is -2.11. The van der Waals surface area contributed by atoms with Gasteiger partial charge in [-0.05, 0) is 84.6 Å². The maximum atomic E-state index is 14.4. The van der Waals surface area contributed by atoms with E-state index >= 15 is 0 Å². The number of hydrogen-bond donors (Lipinski definition) is 0. The van der Waals surface area contributed by atoms with Gasteiger partial charge in [-0.15, -0.1) is 6.58 Å². The smallest absolute Gasteiger partial charge is 0.201 e. The molecule has 4 rings (SSSR count). The van der Waals surface area contributed by atoms with Gasteiger partial charge in [0.2, 0.25) is 5.82 Å². The number of methoxy groups -OCH3 is 1. The van der Waals surface area contributed by atoms with Gasteiger partial charge in [-0.1, -0.05) is 42.5 Å². The third-order valence-electron chi connectivity index (χ3n) is 6.53. The van der Waals surface area contributed by atoms with Crippen molar-refractivity contribution >= 4 is 10.8 Å². The van der Waals surface area contributed by atoms with E-state index in [1.165, 1.54) is 43.9 Å². The van der Waals surface area contributed by atoms with Crippen LogP contribution in [0, 0.1) is 17.6 Å². The van der Waals surface area contributed by atoms with Gasteiger partial charge in [0.05, 0.1) is 7.11 Å². The molecule has 156 valence electrons. The number of aryl methyl sites for hydroxylation is 2. The molecule has 0 saturated heterocycles. The zero-order valence-electron chi connectivity index (χ0n) is 17.5. The third-order valence-corrected chi connectivity index (χ3v) is 6.53. The Labute approximate surface area is 177 Å². The predicted molar refractivity (Wildman–Crippen MR) is 119 cm³/mol. The Hall–Kier alpha value is -2.68. The van der Waals surface area contributed by atoms with Crippen LogP contribution in [-0.4, -0.2) is 7.11 Å². The lowest BCUT2D eigenvalue weighted by molar-refractivity contribution is 0.374. The minimum atomic E-state index is -0.931. The molecule has 0 heterocycles. The summed E-state index contributed by atoms with van der Waals surface area (Å²) in [5.41, 5.74) is 3.69. The van der Waals surface area contributed by atoms with Crippen molar-refractivity contribution in [3.8, 4) is 5.75 Å². The monoisotopic (exact) mass is 406 g/mol. The number of hydrogen-bond acceptors (Lipinski definition) is 1. The second-order valence-electron chi connectivity index (χ2n) is 8.35. The van der Waals surface area contributed by atoms with Crippen LogP contribution in [0.5, 0.6) is 5.75 Å². The summed E-state index contributed by atoms with van der Waals surface area (Å²) in [6.07, 6.45) is 8.70. The van der Waals surface area contributed by atoms with E-state index in [0.29, 0.717) is 22.6 Å². The molecule has 0 aliphatic heterocycles. The molecule has 1 aliphatic rings. The first-order valence-corrected chi connectivity index (χ1v) is 10.7. The van der Waals surface area contributed by atoms with E-state index in [1.807, 2.05) is 12.1 Å². The van der Waals surface area contributed by atoms with Gasteiger partial charge >= 0.3 is 0 Å². The Bertz CT molecular complexity index is 1030. The quantitative estimate of drug-likeness (QED) is 0.388. The lowest BCUT2D eigenvalue weighted by atomic mass is 9.78. The highest BCUT2D eigenvalue weighted by Crippen LogP contribution is 2.36. The fraction of sp³-hybridized carbons (Fsp3) is 0.333. The van der Waals surface area contributed by atoms with Crippen molar-refractivity contribution in [2.45, 2.75) is 44.4 Å². The largest absolute Gasteiger partial charge is 0.494 e. The number of rotatable bonds is 6. The second-order valence-corrected chi connectivity index (χ2v) is 8.35. The van der Waals surface area contributed by atoms with Crippen LogP contribution in [0.3, 0.4) is 0 Å². The van der Waals surface area contributed by atoms with E-state index in [-0.39, 0.29) is 5.75 Å². The molecule has 1 aliphatic carbocycles. The average molecular weight is 407 g/mol. The molecule has 0 aromatic heterocycles. The number of halogens is 2. The van der Waals surface area contributed by atoms with Crippen molar-refractivity contribution in [3.05, 3.63) is 89.5 Å². The normalized spacial score (nSPS) is 19.0. The summed E-state index contributed by atoms with van der Waals surface area (Å²) >= 11 is 0. The van der Waals surface area contributed by atoms with E-state index in [2.05, 4.69) is 36.9 Å². The maximum absolute atomic E-state index is 14.4. The predicted octanol–water partition coefficient (Wildman–Crippen LogP) is 7.37. The van der Waals surface area contributed by atoms with Gasteiger partial charge in [-0.2, -0.15) is 4.39 Å². The third kappa shape index (κ3) is 4.26. The Balaban J connectivity index is 1.42. The maximum Gasteiger partial charge on any atom is 0.201 e. The minimum absolute atomic E-state index is 0.0641. The first kappa shape index (κ1) is 20.6. The topological polar surface area (TPSA) is 9.23 Å². The number of allylic oxidation sites excluding steroid dienone is 1. The molecular weight excluding hydrogens is 378 g/mol. The molecular formula is C27H28F2O. The van der Waals surface area contributed by atoms with Gasteiger partial charge in [0, 0.05) is 5.39 Å². The average Bonchev–Trinajstić information content (AvgIpc) is 2.80. The van der Waals surface area contributed by atoms with Gasteiger partial charge in [0.1, 0.15) is 0 Å². The molecule has 1 fully saturated rings. The summed E-state index contributed by atoms with van der Waals surface area (Å²) in [4.78, 5) is 0. The summed E-state index contributed by atoms with van der Waals surface area (Å²) < 4.78 is 33.4. The molecule has 30 heavy (non-hydrogen) atoms. The van der Waals surface area contributed by atoms with Crippen molar-refractivity contribution in [1.82, 2.24) is 0 Å². The van der Waals surface area contributed by atoms with Crippen molar-refractivity contribution in [1.29, 1.82) is 0 Å². The molecule has 1 nitrogen and oxygen atoms in total. The van der Waals surface area contributed by atoms with Gasteiger partial charge in [0.25, 0.3) is 0 Å². The Morgan fingerprint density at radius 1 is 0.900 bits per heavy atom. The fourth-order valence-electron chi connectivity index (χ4n) is 4.59. The van der Waals surface area contributed by atoms with Crippen molar-refractivity contribution < 1.29 is 13.5 Å². The Morgan fingerprint density at radius 2 is 1.57 bits per heavy atom. The second kappa shape index (κ2) is 8.99. The SMILES string of the molecule is C=CC1CCC(c2ccc(CCc3ccc4cc(OC)c(F)c(F)c4c3)cc2)CC1. The van der Waals surface area contributed by atoms with E-state index in [0.717, 1.165) is 18.4 Å². The van der Waals surface area contributed by atoms with Crippen molar-refractivity contribution in [2.75, 3.05) is 7.11 Å². The molecule has 0 bridgehead atoms. The van der Waals surface area contributed by atoms with Gasteiger partial charge in [-0.25, -0.2) is 4.39 Å². The van der Waals surface area contributed by atoms with Crippen LogP contribution in [0.25, 0.3) is 10.8 Å². The summed E-state index contributed by atoms with van der Waals surface area (Å²) in [6.45, 7) is 3.93. The molecule has 0 spiro atoms. The van der Waals surface area contributed by atoms with Crippen molar-refractivity contribution in [3.63, 3.8) is 0 Å². The number of ether oxygens (including phenoxy) is 1. The van der Waals surface area contributed by atoms with Crippen LogP contribution >= 0.6 is 0 Å². The highest BCUT2D eigenvalue weighted by atomic mass is 19.2. The standard InChI is InChI=1S/C27H28F2O/c1-3-18-6-11-21(12-7-18)22-13-8-19(9-14-22)4-5-20-10-15-23-17-25(30-2)27(29)26(28)24(23)16-20/h3,8-10,13-18,21H,1,4-7,11-12H2,2H3. The van der Waals surface area contributed by atoms with Crippen LogP contribution in [0.4, 0.5) is 8.78 Å². The van der Waals surface area contributed by atoms with Gasteiger partial charge in [0.15, 0.2) is 11.6 Å². The van der Waals surface area contributed by atoms with Crippen LogP contribution < -0.4 is 4.74 Å². The first-order valence-electron chi connectivity index (χ1n) is 10.7. The first-order chi connectivity index (χ1) is 14.6. The lowest BCUT2D eigenvalue weighted by Gasteiger charge is -2.27. The van der Waals surface area contributed by atoms with E-state index in [9.17, 15) is 8.78 Å². The molecule has 0 amide bonds. The van der Waals surface area contributed by atoms with Crippen LogP contribution in [0.1, 0.15) is 48.3 Å². The van der Waals surface area contributed by atoms with Gasteiger partial charge in [-0.3, -0.25) is 0 Å². The Morgan fingerprint density at radius 3 is 2.23 bits per heavy atom. The zero-order valence-corrected chi connectivity index (χ0v) is 17.5. The van der Waals surface area contributed by atoms with Crippen LogP contribution in [-0.2, 0) is 12.8 Å².